The Morgan fingerprint density at radius 1 is 1.79 bits per heavy atom. The van der Waals surface area contributed by atoms with Gasteiger partial charge in [-0.2, -0.15) is 5.26 Å². The van der Waals surface area contributed by atoms with Gasteiger partial charge in [0.2, 0.25) is 5.91 Å². The van der Waals surface area contributed by atoms with Crippen LogP contribution in [0.4, 0.5) is 0 Å². The number of nitriles is 1. The second-order valence-corrected chi connectivity index (χ2v) is 3.53. The Bertz CT molecular complexity index is 235. The smallest absolute Gasteiger partial charge is 0.235 e. The van der Waals surface area contributed by atoms with Gasteiger partial charge in [-0.3, -0.25) is 9.69 Å². The van der Waals surface area contributed by atoms with Gasteiger partial charge in [-0.05, 0) is 6.92 Å². The van der Waals surface area contributed by atoms with Crippen molar-refractivity contribution in [2.24, 2.45) is 0 Å². The Morgan fingerprint density at radius 2 is 2.57 bits per heavy atom. The molecule has 0 aromatic carbocycles. The van der Waals surface area contributed by atoms with E-state index in [1.165, 1.54) is 0 Å². The summed E-state index contributed by atoms with van der Waals surface area (Å²) in [6.45, 7) is 5.30. The molecule has 1 rings (SSSR count). The van der Waals surface area contributed by atoms with Crippen molar-refractivity contribution in [1.29, 1.82) is 5.26 Å². The molecule has 1 aliphatic rings. The van der Waals surface area contributed by atoms with E-state index in [0.29, 0.717) is 12.6 Å². The fraction of sp³-hybridized carbons (Fsp3) is 0.778. The van der Waals surface area contributed by atoms with Gasteiger partial charge < -0.3 is 10.6 Å². The predicted octanol–water partition coefficient (Wildman–Crippen LogP) is -1.08. The van der Waals surface area contributed by atoms with E-state index in [4.69, 9.17) is 5.26 Å². The van der Waals surface area contributed by atoms with Crippen LogP contribution in [0.3, 0.4) is 0 Å². The van der Waals surface area contributed by atoms with E-state index in [1.54, 1.807) is 0 Å². The lowest BCUT2D eigenvalue weighted by molar-refractivity contribution is -0.122. The Hall–Kier alpha value is -1.12. The van der Waals surface area contributed by atoms with Gasteiger partial charge in [0.25, 0.3) is 0 Å². The molecule has 5 heteroatoms. The zero-order chi connectivity index (χ0) is 10.4. The van der Waals surface area contributed by atoms with Crippen molar-refractivity contribution in [3.05, 3.63) is 0 Å². The zero-order valence-electron chi connectivity index (χ0n) is 8.42. The highest BCUT2D eigenvalue weighted by atomic mass is 16.2. The standard InChI is InChI=1S/C9H16N4O/c1-8-6-13(5-4-11-8)7-9(14)12-3-2-10/h8,11H,3-7H2,1H3,(H,12,14)/t8-/m1/s1. The van der Waals surface area contributed by atoms with Crippen molar-refractivity contribution >= 4 is 5.91 Å². The zero-order valence-corrected chi connectivity index (χ0v) is 8.42. The highest BCUT2D eigenvalue weighted by Crippen LogP contribution is 1.97. The van der Waals surface area contributed by atoms with Crippen molar-refractivity contribution < 1.29 is 4.79 Å². The molecule has 0 spiro atoms. The van der Waals surface area contributed by atoms with E-state index in [-0.39, 0.29) is 12.5 Å². The van der Waals surface area contributed by atoms with E-state index >= 15 is 0 Å². The Kier molecular flexibility index (Phi) is 4.36. The molecule has 1 saturated heterocycles. The highest BCUT2D eigenvalue weighted by Gasteiger charge is 2.17. The van der Waals surface area contributed by atoms with Crippen LogP contribution < -0.4 is 10.6 Å². The number of carbonyl (C=O) groups is 1. The van der Waals surface area contributed by atoms with Gasteiger partial charge in [-0.15, -0.1) is 0 Å². The molecular weight excluding hydrogens is 180 g/mol. The van der Waals surface area contributed by atoms with Crippen LogP contribution in [0, 0.1) is 11.3 Å². The quantitative estimate of drug-likeness (QED) is 0.563. The van der Waals surface area contributed by atoms with Crippen molar-refractivity contribution in [1.82, 2.24) is 15.5 Å². The van der Waals surface area contributed by atoms with E-state index in [9.17, 15) is 4.79 Å². The number of rotatable bonds is 3. The summed E-state index contributed by atoms with van der Waals surface area (Å²) in [5.41, 5.74) is 0. The van der Waals surface area contributed by atoms with Crippen LogP contribution in [0.25, 0.3) is 0 Å². The summed E-state index contributed by atoms with van der Waals surface area (Å²) in [7, 11) is 0. The Morgan fingerprint density at radius 3 is 3.21 bits per heavy atom. The molecule has 0 aliphatic carbocycles. The molecule has 5 nitrogen and oxygen atoms in total. The molecule has 1 atom stereocenters. The first-order valence-corrected chi connectivity index (χ1v) is 4.81. The summed E-state index contributed by atoms with van der Waals surface area (Å²) >= 11 is 0. The van der Waals surface area contributed by atoms with Gasteiger partial charge in [-0.1, -0.05) is 0 Å². The first kappa shape index (κ1) is 11.0. The molecule has 1 aliphatic heterocycles. The van der Waals surface area contributed by atoms with Crippen LogP contribution in [0.5, 0.6) is 0 Å². The van der Waals surface area contributed by atoms with Gasteiger partial charge in [0.15, 0.2) is 0 Å². The van der Waals surface area contributed by atoms with Gasteiger partial charge in [0, 0.05) is 25.7 Å². The summed E-state index contributed by atoms with van der Waals surface area (Å²) in [6, 6.07) is 2.32. The molecule has 0 aromatic rings. The Labute approximate surface area is 84.1 Å². The number of hydrogen-bond acceptors (Lipinski definition) is 4. The maximum absolute atomic E-state index is 11.3. The monoisotopic (exact) mass is 196 g/mol. The maximum Gasteiger partial charge on any atom is 0.235 e. The number of nitrogens with one attached hydrogen (secondary N) is 2. The molecule has 0 aromatic heterocycles. The number of carbonyl (C=O) groups excluding carboxylic acids is 1. The maximum atomic E-state index is 11.3. The minimum absolute atomic E-state index is 0.0688. The summed E-state index contributed by atoms with van der Waals surface area (Å²) < 4.78 is 0. The molecule has 0 unspecified atom stereocenters. The average molecular weight is 196 g/mol. The molecule has 2 N–H and O–H groups in total. The van der Waals surface area contributed by atoms with Gasteiger partial charge >= 0.3 is 0 Å². The fourth-order valence-electron chi connectivity index (χ4n) is 1.55. The molecule has 78 valence electrons. The number of piperazine rings is 1. The normalized spacial score (nSPS) is 22.7. The molecule has 1 amide bonds. The van der Waals surface area contributed by atoms with Gasteiger partial charge in [0.1, 0.15) is 6.54 Å². The topological polar surface area (TPSA) is 68.2 Å². The van der Waals surface area contributed by atoms with E-state index < -0.39 is 0 Å². The molecule has 0 bridgehead atoms. The molecule has 0 saturated carbocycles. The molecule has 0 radical (unpaired) electrons. The SMILES string of the molecule is C[C@@H]1CN(CC(=O)NCC#N)CCN1. The summed E-state index contributed by atoms with van der Waals surface area (Å²) in [4.78, 5) is 13.3. The predicted molar refractivity (Wildman–Crippen MR) is 52.5 cm³/mol. The van der Waals surface area contributed by atoms with Crippen LogP contribution in [0.1, 0.15) is 6.92 Å². The van der Waals surface area contributed by atoms with Gasteiger partial charge in [-0.25, -0.2) is 0 Å². The second-order valence-electron chi connectivity index (χ2n) is 3.53. The molecule has 14 heavy (non-hydrogen) atoms. The van der Waals surface area contributed by atoms with Gasteiger partial charge in [0.05, 0.1) is 12.6 Å². The minimum Gasteiger partial charge on any atom is -0.342 e. The lowest BCUT2D eigenvalue weighted by Gasteiger charge is -2.31. The average Bonchev–Trinajstić information content (AvgIpc) is 2.15. The van der Waals surface area contributed by atoms with Crippen LogP contribution in [0.15, 0.2) is 0 Å². The summed E-state index contributed by atoms with van der Waals surface area (Å²) in [5.74, 6) is -0.0688. The van der Waals surface area contributed by atoms with Crippen molar-refractivity contribution in [3.8, 4) is 6.07 Å². The number of nitrogens with zero attached hydrogens (tertiary/aromatic N) is 2. The van der Waals surface area contributed by atoms with Crippen LogP contribution in [0.2, 0.25) is 0 Å². The number of hydrogen-bond donors (Lipinski definition) is 2. The highest BCUT2D eigenvalue weighted by molar-refractivity contribution is 5.78. The van der Waals surface area contributed by atoms with Crippen LogP contribution in [-0.2, 0) is 4.79 Å². The third kappa shape index (κ3) is 3.73. The summed E-state index contributed by atoms with van der Waals surface area (Å²) in [5, 5.41) is 14.1. The first-order valence-electron chi connectivity index (χ1n) is 4.81. The minimum atomic E-state index is -0.0688. The van der Waals surface area contributed by atoms with E-state index in [0.717, 1.165) is 19.6 Å². The van der Waals surface area contributed by atoms with E-state index in [1.807, 2.05) is 6.07 Å². The first-order chi connectivity index (χ1) is 6.72. The lowest BCUT2D eigenvalue weighted by Crippen LogP contribution is -2.51. The van der Waals surface area contributed by atoms with Crippen LogP contribution in [-0.4, -0.2) is 49.6 Å². The largest absolute Gasteiger partial charge is 0.342 e. The molecular formula is C9H16N4O. The summed E-state index contributed by atoms with van der Waals surface area (Å²) in [6.07, 6.45) is 0. The van der Waals surface area contributed by atoms with E-state index in [2.05, 4.69) is 22.5 Å². The molecule has 1 heterocycles. The van der Waals surface area contributed by atoms with Crippen LogP contribution >= 0.6 is 0 Å². The second kappa shape index (κ2) is 5.58. The van der Waals surface area contributed by atoms with Crippen molar-refractivity contribution in [2.45, 2.75) is 13.0 Å². The van der Waals surface area contributed by atoms with Crippen molar-refractivity contribution in [3.63, 3.8) is 0 Å². The third-order valence-corrected chi connectivity index (χ3v) is 2.18. The molecule has 1 fully saturated rings. The lowest BCUT2D eigenvalue weighted by atomic mass is 10.2. The van der Waals surface area contributed by atoms with Crippen molar-refractivity contribution in [2.75, 3.05) is 32.7 Å². The number of amides is 1. The Balaban J connectivity index is 2.22. The third-order valence-electron chi connectivity index (χ3n) is 2.18. The fourth-order valence-corrected chi connectivity index (χ4v) is 1.55.